The minimum absolute atomic E-state index is 0.105. The summed E-state index contributed by atoms with van der Waals surface area (Å²) >= 11 is 0. The third-order valence-corrected chi connectivity index (χ3v) is 3.69. The van der Waals surface area contributed by atoms with Crippen LogP contribution in [0, 0.1) is 0 Å². The Hall–Kier alpha value is -2.53. The average molecular weight is 283 g/mol. The van der Waals surface area contributed by atoms with Crippen LogP contribution >= 0.6 is 0 Å². The van der Waals surface area contributed by atoms with E-state index in [-0.39, 0.29) is 6.54 Å². The SMILES string of the molecule is NC(=O)N(O)Cc1ccc2c(c1)CCN2c1ccccc1. The molecule has 21 heavy (non-hydrogen) atoms. The van der Waals surface area contributed by atoms with Gasteiger partial charge in [-0.2, -0.15) is 0 Å². The molecule has 0 bridgehead atoms. The Bertz CT molecular complexity index is 658. The summed E-state index contributed by atoms with van der Waals surface area (Å²) in [5, 5.41) is 9.93. The molecule has 1 aliphatic rings. The first kappa shape index (κ1) is 13.5. The summed E-state index contributed by atoms with van der Waals surface area (Å²) in [5.74, 6) is 0. The molecule has 0 saturated carbocycles. The van der Waals surface area contributed by atoms with Gasteiger partial charge in [-0.05, 0) is 35.7 Å². The molecule has 108 valence electrons. The second kappa shape index (κ2) is 5.46. The molecule has 0 unspecified atom stereocenters. The van der Waals surface area contributed by atoms with Crippen LogP contribution in [0.15, 0.2) is 48.5 Å². The van der Waals surface area contributed by atoms with E-state index in [1.165, 1.54) is 16.9 Å². The zero-order valence-corrected chi connectivity index (χ0v) is 11.6. The molecule has 3 rings (SSSR count). The van der Waals surface area contributed by atoms with Crippen LogP contribution in [0.4, 0.5) is 16.2 Å². The molecule has 5 heteroatoms. The zero-order valence-electron chi connectivity index (χ0n) is 11.6. The highest BCUT2D eigenvalue weighted by atomic mass is 16.5. The highest BCUT2D eigenvalue weighted by Gasteiger charge is 2.20. The van der Waals surface area contributed by atoms with Crippen molar-refractivity contribution >= 4 is 17.4 Å². The molecular formula is C16H17N3O2. The molecule has 0 aliphatic carbocycles. The van der Waals surface area contributed by atoms with Gasteiger partial charge < -0.3 is 10.6 Å². The van der Waals surface area contributed by atoms with E-state index < -0.39 is 6.03 Å². The number of primary amides is 1. The van der Waals surface area contributed by atoms with Gasteiger partial charge in [0, 0.05) is 17.9 Å². The molecular weight excluding hydrogens is 266 g/mol. The van der Waals surface area contributed by atoms with Crippen molar-refractivity contribution in [3.8, 4) is 0 Å². The molecule has 0 fully saturated rings. The van der Waals surface area contributed by atoms with Crippen molar-refractivity contribution in [2.45, 2.75) is 13.0 Å². The number of benzene rings is 2. The zero-order chi connectivity index (χ0) is 14.8. The Balaban J connectivity index is 1.84. The van der Waals surface area contributed by atoms with Gasteiger partial charge in [-0.15, -0.1) is 0 Å². The second-order valence-electron chi connectivity index (χ2n) is 5.10. The van der Waals surface area contributed by atoms with Crippen LogP contribution in [0.2, 0.25) is 0 Å². The highest BCUT2D eigenvalue weighted by Crippen LogP contribution is 2.34. The lowest BCUT2D eigenvalue weighted by Gasteiger charge is -2.20. The van der Waals surface area contributed by atoms with E-state index in [0.717, 1.165) is 18.5 Å². The quantitative estimate of drug-likeness (QED) is 0.672. The number of urea groups is 1. The molecule has 2 amide bonds. The fourth-order valence-electron chi connectivity index (χ4n) is 2.68. The van der Waals surface area contributed by atoms with E-state index in [2.05, 4.69) is 17.0 Å². The fourth-order valence-corrected chi connectivity index (χ4v) is 2.68. The van der Waals surface area contributed by atoms with Gasteiger partial charge >= 0.3 is 6.03 Å². The van der Waals surface area contributed by atoms with Crippen LogP contribution in [0.25, 0.3) is 0 Å². The molecule has 0 spiro atoms. The maximum atomic E-state index is 10.9. The molecule has 3 N–H and O–H groups in total. The topological polar surface area (TPSA) is 69.8 Å². The first-order valence-electron chi connectivity index (χ1n) is 6.85. The Morgan fingerprint density at radius 1 is 1.24 bits per heavy atom. The molecule has 0 atom stereocenters. The molecule has 1 aliphatic heterocycles. The number of nitrogens with two attached hydrogens (primary N) is 1. The van der Waals surface area contributed by atoms with Gasteiger partial charge in [-0.1, -0.05) is 30.3 Å². The van der Waals surface area contributed by atoms with Gasteiger partial charge in [0.2, 0.25) is 0 Å². The molecule has 0 saturated heterocycles. The first-order chi connectivity index (χ1) is 10.1. The number of anilines is 2. The molecule has 2 aromatic rings. The molecule has 0 aromatic heterocycles. The minimum atomic E-state index is -0.846. The van der Waals surface area contributed by atoms with E-state index in [0.29, 0.717) is 5.06 Å². The van der Waals surface area contributed by atoms with E-state index in [1.54, 1.807) is 0 Å². The molecule has 5 nitrogen and oxygen atoms in total. The lowest BCUT2D eigenvalue weighted by Crippen LogP contribution is -2.32. The number of amides is 2. The smallest absolute Gasteiger partial charge is 0.338 e. The Kier molecular flexibility index (Phi) is 3.50. The summed E-state index contributed by atoms with van der Waals surface area (Å²) in [6.45, 7) is 1.04. The number of fused-ring (bicyclic) bond motifs is 1. The van der Waals surface area contributed by atoms with Gasteiger partial charge in [0.25, 0.3) is 0 Å². The lowest BCUT2D eigenvalue weighted by atomic mass is 10.1. The van der Waals surface area contributed by atoms with Crippen LogP contribution in [0.5, 0.6) is 0 Å². The van der Waals surface area contributed by atoms with Crippen molar-refractivity contribution in [2.24, 2.45) is 5.73 Å². The van der Waals surface area contributed by atoms with Gasteiger partial charge in [-0.25, -0.2) is 9.86 Å². The summed E-state index contributed by atoms with van der Waals surface area (Å²) in [4.78, 5) is 13.1. The minimum Gasteiger partial charge on any atom is -0.350 e. The number of nitrogens with zero attached hydrogens (tertiary/aromatic N) is 2. The van der Waals surface area contributed by atoms with Crippen molar-refractivity contribution in [3.63, 3.8) is 0 Å². The fraction of sp³-hybridized carbons (Fsp3) is 0.188. The van der Waals surface area contributed by atoms with Crippen LogP contribution in [-0.2, 0) is 13.0 Å². The number of hydroxylamine groups is 2. The summed E-state index contributed by atoms with van der Waals surface area (Å²) in [6.07, 6.45) is 0.945. The van der Waals surface area contributed by atoms with Crippen LogP contribution in [-0.4, -0.2) is 22.8 Å². The Morgan fingerprint density at radius 3 is 2.71 bits per heavy atom. The van der Waals surface area contributed by atoms with Crippen molar-refractivity contribution in [2.75, 3.05) is 11.4 Å². The predicted octanol–water partition coefficient (Wildman–Crippen LogP) is 2.65. The first-order valence-corrected chi connectivity index (χ1v) is 6.85. The van der Waals surface area contributed by atoms with Crippen LogP contribution in [0.3, 0.4) is 0 Å². The number of carbonyl (C=O) groups excluding carboxylic acids is 1. The number of rotatable bonds is 3. The van der Waals surface area contributed by atoms with Crippen molar-refractivity contribution in [1.29, 1.82) is 0 Å². The Morgan fingerprint density at radius 2 is 2.00 bits per heavy atom. The number of hydrogen-bond acceptors (Lipinski definition) is 3. The summed E-state index contributed by atoms with van der Waals surface area (Å²) in [5.41, 5.74) is 9.45. The Labute approximate surface area is 123 Å². The van der Waals surface area contributed by atoms with Crippen molar-refractivity contribution < 1.29 is 10.0 Å². The van der Waals surface area contributed by atoms with E-state index >= 15 is 0 Å². The molecule has 2 aromatic carbocycles. The number of hydrogen-bond donors (Lipinski definition) is 2. The molecule has 0 radical (unpaired) electrons. The third-order valence-electron chi connectivity index (χ3n) is 3.69. The highest BCUT2D eigenvalue weighted by molar-refractivity contribution is 5.71. The average Bonchev–Trinajstić information content (AvgIpc) is 2.91. The van der Waals surface area contributed by atoms with Gasteiger partial charge in [0.15, 0.2) is 0 Å². The van der Waals surface area contributed by atoms with E-state index in [9.17, 15) is 10.0 Å². The summed E-state index contributed by atoms with van der Waals surface area (Å²) in [7, 11) is 0. The normalized spacial score (nSPS) is 13.1. The van der Waals surface area contributed by atoms with Gasteiger partial charge in [0.05, 0.1) is 6.54 Å². The third kappa shape index (κ3) is 2.68. The van der Waals surface area contributed by atoms with Gasteiger partial charge in [0.1, 0.15) is 0 Å². The summed E-state index contributed by atoms with van der Waals surface area (Å²) < 4.78 is 0. The van der Waals surface area contributed by atoms with E-state index in [4.69, 9.17) is 5.73 Å². The number of carbonyl (C=O) groups is 1. The maximum absolute atomic E-state index is 10.9. The van der Waals surface area contributed by atoms with Crippen LogP contribution in [0.1, 0.15) is 11.1 Å². The summed E-state index contributed by atoms with van der Waals surface area (Å²) in [6, 6.07) is 15.3. The number of para-hydroxylation sites is 1. The van der Waals surface area contributed by atoms with Crippen LogP contribution < -0.4 is 10.6 Å². The van der Waals surface area contributed by atoms with Crippen molar-refractivity contribution in [1.82, 2.24) is 5.06 Å². The second-order valence-corrected chi connectivity index (χ2v) is 5.10. The molecule has 1 heterocycles. The van der Waals surface area contributed by atoms with E-state index in [1.807, 2.05) is 36.4 Å². The predicted molar refractivity (Wildman–Crippen MR) is 80.5 cm³/mol. The van der Waals surface area contributed by atoms with Crippen molar-refractivity contribution in [3.05, 3.63) is 59.7 Å². The maximum Gasteiger partial charge on any atom is 0.338 e. The lowest BCUT2D eigenvalue weighted by molar-refractivity contribution is -0.0470. The standard InChI is InChI=1S/C16H17N3O2/c17-16(20)19(21)11-12-6-7-15-13(10-12)8-9-18(15)14-4-2-1-3-5-14/h1-7,10,21H,8-9,11H2,(H2,17,20). The van der Waals surface area contributed by atoms with Gasteiger partial charge in [-0.3, -0.25) is 5.21 Å². The largest absolute Gasteiger partial charge is 0.350 e. The monoisotopic (exact) mass is 283 g/mol.